The van der Waals surface area contributed by atoms with Crippen molar-refractivity contribution in [3.05, 3.63) is 103 Å². The average molecular weight is 695 g/mol. The molecule has 0 aliphatic rings. The second kappa shape index (κ2) is 15.8. The number of hydrogen-bond donors (Lipinski definition) is 2. The largest absolute Gasteiger partial charge is 0.484 e. The molecule has 2 aromatic heterocycles. The number of ether oxygens (including phenoxy) is 4. The van der Waals surface area contributed by atoms with Gasteiger partial charge in [-0.15, -0.1) is 20.4 Å². The molecule has 0 radical (unpaired) electrons. The molecule has 2 heterocycles. The molecule has 5 aromatic rings. The topological polar surface area (TPSA) is 233 Å². The third-order valence-electron chi connectivity index (χ3n) is 5.82. The molecule has 48 heavy (non-hydrogen) atoms. The Labute approximate surface area is 277 Å². The van der Waals surface area contributed by atoms with E-state index in [1.807, 2.05) is 0 Å². The van der Waals surface area contributed by atoms with Crippen LogP contribution in [0.15, 0.2) is 72.8 Å². The zero-order chi connectivity index (χ0) is 33.9. The van der Waals surface area contributed by atoms with Crippen molar-refractivity contribution >= 4 is 56.1 Å². The van der Waals surface area contributed by atoms with E-state index in [0.29, 0.717) is 21.5 Å². The highest BCUT2D eigenvalue weighted by Crippen LogP contribution is 2.29. The standard InChI is InChI=1S/C28H22N8O10S2/c37-23(29-27-33-31-25(47-27)15-45-21-7-3-1-5-19(21)35(39)40)13-43-17-9-11-18(12-10-17)44-14-24(38)30-28-34-32-26(48-28)16-46-22-8-4-2-6-20(22)36(41)42/h1-12H,13-16H2,(H,29,33,37)(H,30,34,38). The average Bonchev–Trinajstić information content (AvgIpc) is 3.74. The van der Waals surface area contributed by atoms with E-state index in [1.165, 1.54) is 36.4 Å². The van der Waals surface area contributed by atoms with Gasteiger partial charge in [-0.1, -0.05) is 46.9 Å². The normalized spacial score (nSPS) is 10.5. The maximum Gasteiger partial charge on any atom is 0.310 e. The first kappa shape index (κ1) is 33.1. The maximum atomic E-state index is 12.3. The van der Waals surface area contributed by atoms with Gasteiger partial charge in [0.15, 0.2) is 34.7 Å². The summed E-state index contributed by atoms with van der Waals surface area (Å²) >= 11 is 2.09. The van der Waals surface area contributed by atoms with Crippen molar-refractivity contribution in [3.63, 3.8) is 0 Å². The number of nitrogens with zero attached hydrogens (tertiary/aromatic N) is 6. The number of anilines is 2. The van der Waals surface area contributed by atoms with Gasteiger partial charge in [0.25, 0.3) is 11.8 Å². The fourth-order valence-electron chi connectivity index (χ4n) is 3.70. The molecule has 0 saturated heterocycles. The molecule has 2 amide bonds. The second-order valence-electron chi connectivity index (χ2n) is 9.17. The first-order valence-electron chi connectivity index (χ1n) is 13.6. The molecule has 0 fully saturated rings. The van der Waals surface area contributed by atoms with Gasteiger partial charge in [-0.05, 0) is 36.4 Å². The van der Waals surface area contributed by atoms with E-state index in [4.69, 9.17) is 18.9 Å². The number of nitro groups is 2. The number of aromatic nitrogens is 4. The summed E-state index contributed by atoms with van der Waals surface area (Å²) in [5.41, 5.74) is -0.356. The molecular formula is C28H22N8O10S2. The van der Waals surface area contributed by atoms with Crippen LogP contribution in [-0.2, 0) is 22.8 Å². The highest BCUT2D eigenvalue weighted by atomic mass is 32.1. The zero-order valence-electron chi connectivity index (χ0n) is 24.3. The minimum atomic E-state index is -0.550. The molecule has 5 rings (SSSR count). The van der Waals surface area contributed by atoms with Crippen LogP contribution in [0, 0.1) is 20.2 Å². The lowest BCUT2D eigenvalue weighted by atomic mass is 10.3. The number of carbonyl (C=O) groups excluding carboxylic acids is 2. The van der Waals surface area contributed by atoms with Gasteiger partial charge in [0.2, 0.25) is 10.3 Å². The molecule has 0 aliphatic carbocycles. The van der Waals surface area contributed by atoms with E-state index < -0.39 is 21.7 Å². The highest BCUT2D eigenvalue weighted by Gasteiger charge is 2.17. The molecule has 2 N–H and O–H groups in total. The monoisotopic (exact) mass is 694 g/mol. The number of para-hydroxylation sites is 4. The van der Waals surface area contributed by atoms with Crippen molar-refractivity contribution < 1.29 is 38.4 Å². The van der Waals surface area contributed by atoms with Crippen molar-refractivity contribution in [2.24, 2.45) is 0 Å². The number of nitro benzene ring substituents is 2. The first-order chi connectivity index (χ1) is 23.2. The van der Waals surface area contributed by atoms with Gasteiger partial charge in [0.05, 0.1) is 9.85 Å². The van der Waals surface area contributed by atoms with Crippen LogP contribution in [0.4, 0.5) is 21.6 Å². The predicted molar refractivity (Wildman–Crippen MR) is 169 cm³/mol. The van der Waals surface area contributed by atoms with Crippen molar-refractivity contribution in [1.29, 1.82) is 0 Å². The van der Waals surface area contributed by atoms with Crippen LogP contribution in [0.1, 0.15) is 10.0 Å². The second-order valence-corrected chi connectivity index (χ2v) is 11.3. The van der Waals surface area contributed by atoms with Gasteiger partial charge >= 0.3 is 11.4 Å². The fourth-order valence-corrected chi connectivity index (χ4v) is 5.04. The number of nitrogens with one attached hydrogen (secondary N) is 2. The quantitative estimate of drug-likeness (QED) is 0.108. The Morgan fingerprint density at radius 3 is 1.40 bits per heavy atom. The molecule has 0 aliphatic heterocycles. The van der Waals surface area contributed by atoms with Crippen LogP contribution in [0.3, 0.4) is 0 Å². The van der Waals surface area contributed by atoms with Crippen LogP contribution in [-0.4, -0.2) is 55.3 Å². The van der Waals surface area contributed by atoms with Gasteiger partial charge in [-0.2, -0.15) is 0 Å². The molecule has 0 atom stereocenters. The van der Waals surface area contributed by atoms with Crippen LogP contribution in [0.5, 0.6) is 23.0 Å². The van der Waals surface area contributed by atoms with E-state index >= 15 is 0 Å². The number of carbonyl (C=O) groups is 2. The maximum absolute atomic E-state index is 12.3. The third-order valence-corrected chi connectivity index (χ3v) is 7.44. The molecule has 0 spiro atoms. The van der Waals surface area contributed by atoms with E-state index in [-0.39, 0.29) is 59.6 Å². The number of hydrogen-bond acceptors (Lipinski definition) is 16. The molecule has 3 aromatic carbocycles. The van der Waals surface area contributed by atoms with Gasteiger partial charge in [0.1, 0.15) is 24.7 Å². The zero-order valence-corrected chi connectivity index (χ0v) is 26.0. The van der Waals surface area contributed by atoms with Crippen molar-refractivity contribution in [1.82, 2.24) is 20.4 Å². The first-order valence-corrected chi connectivity index (χ1v) is 15.2. The number of amides is 2. The highest BCUT2D eigenvalue weighted by molar-refractivity contribution is 7.15. The Hall–Kier alpha value is -6.28. The van der Waals surface area contributed by atoms with E-state index in [1.54, 1.807) is 36.4 Å². The van der Waals surface area contributed by atoms with E-state index in [0.717, 1.165) is 22.7 Å². The van der Waals surface area contributed by atoms with Crippen molar-refractivity contribution in [2.75, 3.05) is 23.8 Å². The van der Waals surface area contributed by atoms with Crippen LogP contribution < -0.4 is 29.6 Å². The smallest absolute Gasteiger partial charge is 0.310 e. The predicted octanol–water partition coefficient (Wildman–Crippen LogP) is 4.40. The van der Waals surface area contributed by atoms with Crippen molar-refractivity contribution in [2.45, 2.75) is 13.2 Å². The Morgan fingerprint density at radius 1 is 0.604 bits per heavy atom. The van der Waals surface area contributed by atoms with Gasteiger partial charge in [0, 0.05) is 12.1 Å². The molecule has 0 unspecified atom stereocenters. The third kappa shape index (κ3) is 9.37. The van der Waals surface area contributed by atoms with Crippen LogP contribution in [0.25, 0.3) is 0 Å². The van der Waals surface area contributed by atoms with Gasteiger partial charge < -0.3 is 18.9 Å². The molecule has 246 valence electrons. The lowest BCUT2D eigenvalue weighted by Crippen LogP contribution is -2.20. The summed E-state index contributed by atoms with van der Waals surface area (Å²) in [7, 11) is 0. The van der Waals surface area contributed by atoms with Gasteiger partial charge in [-0.25, -0.2) is 0 Å². The summed E-state index contributed by atoms with van der Waals surface area (Å²) in [5.74, 6) is -0.0965. The minimum Gasteiger partial charge on any atom is -0.484 e. The summed E-state index contributed by atoms with van der Waals surface area (Å²) in [5, 5.41) is 44.1. The molecule has 0 saturated carbocycles. The van der Waals surface area contributed by atoms with Gasteiger partial charge in [-0.3, -0.25) is 40.5 Å². The molecular weight excluding hydrogens is 672 g/mol. The summed E-state index contributed by atoms with van der Waals surface area (Å²) in [4.78, 5) is 45.8. The Bertz CT molecular complexity index is 1780. The summed E-state index contributed by atoms with van der Waals surface area (Å²) in [6, 6.07) is 18.1. The minimum absolute atomic E-state index is 0.0747. The van der Waals surface area contributed by atoms with Crippen molar-refractivity contribution in [3.8, 4) is 23.0 Å². The van der Waals surface area contributed by atoms with E-state index in [9.17, 15) is 29.8 Å². The van der Waals surface area contributed by atoms with E-state index in [2.05, 4.69) is 31.0 Å². The van der Waals surface area contributed by atoms with Crippen LogP contribution >= 0.6 is 22.7 Å². The Morgan fingerprint density at radius 2 is 1.00 bits per heavy atom. The van der Waals surface area contributed by atoms with Crippen LogP contribution in [0.2, 0.25) is 0 Å². The Kier molecular flexibility index (Phi) is 10.9. The SMILES string of the molecule is O=C(COc1ccc(OCC(=O)Nc2nnc(COc3ccccc3[N+](=O)[O-])s2)cc1)Nc1nnc(COc2ccccc2[N+](=O)[O-])s1. The Balaban J connectivity index is 1.00. The molecule has 0 bridgehead atoms. The molecule has 20 heteroatoms. The number of benzene rings is 3. The lowest BCUT2D eigenvalue weighted by Gasteiger charge is -2.08. The summed E-state index contributed by atoms with van der Waals surface area (Å²) in [6.45, 7) is -0.813. The lowest BCUT2D eigenvalue weighted by molar-refractivity contribution is -0.386. The molecule has 18 nitrogen and oxygen atoms in total. The summed E-state index contributed by atoms with van der Waals surface area (Å²) in [6.07, 6.45) is 0. The summed E-state index contributed by atoms with van der Waals surface area (Å²) < 4.78 is 21.9. The fraction of sp³-hybridized carbons (Fsp3) is 0.143. The number of rotatable bonds is 16.